The summed E-state index contributed by atoms with van der Waals surface area (Å²) in [5.41, 5.74) is 2.67. The molecule has 8 heteroatoms. The maximum absolute atomic E-state index is 14.4. The molecule has 4 aromatic rings. The highest BCUT2D eigenvalue weighted by molar-refractivity contribution is 5.96. The summed E-state index contributed by atoms with van der Waals surface area (Å²) in [6.07, 6.45) is 5.69. The van der Waals surface area contributed by atoms with E-state index in [0.717, 1.165) is 48.1 Å². The number of hydrogen-bond acceptors (Lipinski definition) is 6. The van der Waals surface area contributed by atoms with Crippen molar-refractivity contribution < 1.29 is 18.6 Å². The molecule has 1 saturated heterocycles. The lowest BCUT2D eigenvalue weighted by Crippen LogP contribution is -2.32. The Hall–Kier alpha value is -3.65. The zero-order chi connectivity index (χ0) is 22.8. The van der Waals surface area contributed by atoms with Gasteiger partial charge in [-0.25, -0.2) is 0 Å². The Morgan fingerprint density at radius 2 is 1.79 bits per heavy atom. The minimum Gasteiger partial charge on any atom is -0.494 e. The summed E-state index contributed by atoms with van der Waals surface area (Å²) in [5.74, 6) is 0.926. The molecule has 0 radical (unpaired) electrons. The molecule has 170 valence electrons. The molecule has 1 aliphatic rings. The van der Waals surface area contributed by atoms with Crippen LogP contribution in [0.3, 0.4) is 0 Å². The Morgan fingerprint density at radius 1 is 1.00 bits per heavy atom. The molecule has 1 atom stereocenters. The van der Waals surface area contributed by atoms with Gasteiger partial charge in [-0.3, -0.25) is 9.67 Å². The van der Waals surface area contributed by atoms with Crippen LogP contribution in [0, 0.1) is 5.82 Å². The van der Waals surface area contributed by atoms with Crippen LogP contribution in [-0.4, -0.2) is 42.1 Å². The SMILES string of the molecule is COc1cccc(Oc2ccc(-c3nn(C4CCCNC4)c4c(OC)cncc34)cc2)c1F. The predicted octanol–water partition coefficient (Wildman–Crippen LogP) is 4.97. The number of nitrogens with one attached hydrogen (secondary N) is 1. The van der Waals surface area contributed by atoms with Crippen molar-refractivity contribution in [2.24, 2.45) is 0 Å². The Labute approximate surface area is 191 Å². The zero-order valence-electron chi connectivity index (χ0n) is 18.5. The molecule has 0 bridgehead atoms. The molecule has 0 aliphatic carbocycles. The first-order valence-electron chi connectivity index (χ1n) is 10.9. The number of halogens is 1. The molecule has 0 amide bonds. The summed E-state index contributed by atoms with van der Waals surface area (Å²) >= 11 is 0. The van der Waals surface area contributed by atoms with Gasteiger partial charge < -0.3 is 19.5 Å². The minimum atomic E-state index is -0.534. The van der Waals surface area contributed by atoms with Crippen LogP contribution < -0.4 is 19.5 Å². The number of rotatable bonds is 6. The van der Waals surface area contributed by atoms with Gasteiger partial charge in [-0.2, -0.15) is 9.49 Å². The van der Waals surface area contributed by atoms with Crippen molar-refractivity contribution in [2.75, 3.05) is 27.3 Å². The molecule has 0 spiro atoms. The van der Waals surface area contributed by atoms with Crippen LogP contribution in [-0.2, 0) is 0 Å². The standard InChI is InChI=1S/C25H25FN4O3/c1-31-20-6-3-7-21(23(20)26)33-18-10-8-16(9-11-18)24-19-14-28-15-22(32-2)25(19)30(29-24)17-5-4-12-27-13-17/h3,6-11,14-15,17,27H,4-5,12-13H2,1-2H3. The van der Waals surface area contributed by atoms with Gasteiger partial charge >= 0.3 is 0 Å². The Bertz CT molecular complexity index is 1270. The predicted molar refractivity (Wildman–Crippen MR) is 124 cm³/mol. The first-order chi connectivity index (χ1) is 16.2. The van der Waals surface area contributed by atoms with Crippen molar-refractivity contribution >= 4 is 10.9 Å². The fourth-order valence-corrected chi connectivity index (χ4v) is 4.26. The van der Waals surface area contributed by atoms with Gasteiger partial charge in [0, 0.05) is 18.3 Å². The second kappa shape index (κ2) is 9.07. The molecule has 2 aromatic heterocycles. The van der Waals surface area contributed by atoms with E-state index in [9.17, 15) is 4.39 Å². The van der Waals surface area contributed by atoms with Crippen molar-refractivity contribution in [3.8, 4) is 34.3 Å². The van der Waals surface area contributed by atoms with E-state index in [0.29, 0.717) is 11.5 Å². The fraction of sp³-hybridized carbons (Fsp3) is 0.280. The Kier molecular flexibility index (Phi) is 5.83. The van der Waals surface area contributed by atoms with Gasteiger partial charge in [-0.1, -0.05) is 6.07 Å². The van der Waals surface area contributed by atoms with Gasteiger partial charge in [-0.05, 0) is 55.8 Å². The quantitative estimate of drug-likeness (QED) is 0.449. The van der Waals surface area contributed by atoms with Gasteiger partial charge in [-0.15, -0.1) is 0 Å². The number of aromatic nitrogens is 3. The first-order valence-corrected chi connectivity index (χ1v) is 10.9. The number of benzene rings is 2. The van der Waals surface area contributed by atoms with Crippen molar-refractivity contribution in [3.63, 3.8) is 0 Å². The van der Waals surface area contributed by atoms with Crippen LogP contribution >= 0.6 is 0 Å². The Balaban J connectivity index is 1.51. The van der Waals surface area contributed by atoms with Crippen LogP contribution in [0.5, 0.6) is 23.0 Å². The number of methoxy groups -OCH3 is 2. The summed E-state index contributed by atoms with van der Waals surface area (Å²) < 4.78 is 32.9. The molecule has 3 heterocycles. The van der Waals surface area contributed by atoms with E-state index < -0.39 is 5.82 Å². The molecule has 1 aliphatic heterocycles. The average molecular weight is 448 g/mol. The average Bonchev–Trinajstić information content (AvgIpc) is 3.26. The maximum Gasteiger partial charge on any atom is 0.207 e. The first kappa shape index (κ1) is 21.2. The lowest BCUT2D eigenvalue weighted by Gasteiger charge is -2.24. The molecule has 1 fully saturated rings. The van der Waals surface area contributed by atoms with E-state index in [-0.39, 0.29) is 17.5 Å². The van der Waals surface area contributed by atoms with Gasteiger partial charge in [0.1, 0.15) is 17.0 Å². The molecule has 5 rings (SSSR count). The second-order valence-corrected chi connectivity index (χ2v) is 7.93. The van der Waals surface area contributed by atoms with Crippen molar-refractivity contribution in [1.82, 2.24) is 20.1 Å². The van der Waals surface area contributed by atoms with Gasteiger partial charge in [0.05, 0.1) is 31.8 Å². The molecule has 1 unspecified atom stereocenters. The molecular weight excluding hydrogens is 423 g/mol. The highest BCUT2D eigenvalue weighted by atomic mass is 19.1. The van der Waals surface area contributed by atoms with Gasteiger partial charge in [0.25, 0.3) is 0 Å². The van der Waals surface area contributed by atoms with E-state index in [1.807, 2.05) is 18.3 Å². The van der Waals surface area contributed by atoms with E-state index >= 15 is 0 Å². The third-order valence-electron chi connectivity index (χ3n) is 5.92. The molecule has 0 saturated carbocycles. The summed E-state index contributed by atoms with van der Waals surface area (Å²) in [6.45, 7) is 1.89. The molecule has 33 heavy (non-hydrogen) atoms. The number of ether oxygens (including phenoxy) is 3. The normalized spacial score (nSPS) is 16.0. The third-order valence-corrected chi connectivity index (χ3v) is 5.92. The maximum atomic E-state index is 14.4. The zero-order valence-corrected chi connectivity index (χ0v) is 18.5. The third kappa shape index (κ3) is 3.98. The number of piperidine rings is 1. The number of hydrogen-bond donors (Lipinski definition) is 1. The highest BCUT2D eigenvalue weighted by Crippen LogP contribution is 2.37. The topological polar surface area (TPSA) is 70.4 Å². The fourth-order valence-electron chi connectivity index (χ4n) is 4.26. The van der Waals surface area contributed by atoms with Crippen molar-refractivity contribution in [2.45, 2.75) is 18.9 Å². The number of fused-ring (bicyclic) bond motifs is 1. The number of pyridine rings is 1. The minimum absolute atomic E-state index is 0.107. The highest BCUT2D eigenvalue weighted by Gasteiger charge is 2.23. The van der Waals surface area contributed by atoms with Crippen LogP contribution in [0.25, 0.3) is 22.2 Å². The van der Waals surface area contributed by atoms with E-state index in [4.69, 9.17) is 19.3 Å². The van der Waals surface area contributed by atoms with E-state index in [1.165, 1.54) is 7.11 Å². The van der Waals surface area contributed by atoms with E-state index in [1.54, 1.807) is 43.6 Å². The number of nitrogens with zero attached hydrogens (tertiary/aromatic N) is 3. The van der Waals surface area contributed by atoms with Crippen LogP contribution in [0.4, 0.5) is 4.39 Å². The van der Waals surface area contributed by atoms with Gasteiger partial charge in [0.2, 0.25) is 5.82 Å². The second-order valence-electron chi connectivity index (χ2n) is 7.93. The lowest BCUT2D eigenvalue weighted by atomic mass is 10.1. The smallest absolute Gasteiger partial charge is 0.207 e. The molecule has 1 N–H and O–H groups in total. The van der Waals surface area contributed by atoms with Crippen LogP contribution in [0.2, 0.25) is 0 Å². The summed E-state index contributed by atoms with van der Waals surface area (Å²) in [5, 5.41) is 9.36. The monoisotopic (exact) mass is 448 g/mol. The van der Waals surface area contributed by atoms with E-state index in [2.05, 4.69) is 15.0 Å². The molecular formula is C25H25FN4O3. The Morgan fingerprint density at radius 3 is 2.52 bits per heavy atom. The van der Waals surface area contributed by atoms with Crippen LogP contribution in [0.15, 0.2) is 54.9 Å². The van der Waals surface area contributed by atoms with Crippen LogP contribution in [0.1, 0.15) is 18.9 Å². The van der Waals surface area contributed by atoms with Crippen molar-refractivity contribution in [3.05, 3.63) is 60.7 Å². The summed E-state index contributed by atoms with van der Waals surface area (Å²) in [7, 11) is 3.07. The summed E-state index contributed by atoms with van der Waals surface area (Å²) in [6, 6.07) is 12.5. The largest absolute Gasteiger partial charge is 0.494 e. The summed E-state index contributed by atoms with van der Waals surface area (Å²) in [4.78, 5) is 4.36. The van der Waals surface area contributed by atoms with Gasteiger partial charge in [0.15, 0.2) is 17.2 Å². The molecule has 7 nitrogen and oxygen atoms in total. The molecule has 2 aromatic carbocycles. The van der Waals surface area contributed by atoms with Crippen molar-refractivity contribution in [1.29, 1.82) is 0 Å². The lowest BCUT2D eigenvalue weighted by molar-refractivity contribution is 0.350.